The molecule has 0 bridgehead atoms. The number of ether oxygens (including phenoxy) is 2. The molecule has 4 N–H and O–H groups in total. The molecule has 0 aliphatic rings. The summed E-state index contributed by atoms with van der Waals surface area (Å²) in [5.41, 5.74) is 12.1. The maximum absolute atomic E-state index is 13.9. The molecule has 29 heavy (non-hydrogen) atoms. The third-order valence-corrected chi connectivity index (χ3v) is 4.98. The summed E-state index contributed by atoms with van der Waals surface area (Å²) in [6, 6.07) is 7.26. The van der Waals surface area contributed by atoms with E-state index in [9.17, 15) is 8.78 Å². The number of aromatic nitrogens is 2. The first kappa shape index (κ1) is 21.0. The smallest absolute Gasteiger partial charge is 0.222 e. The Kier molecular flexibility index (Phi) is 6.36. The molecule has 0 radical (unpaired) electrons. The molecule has 9 heteroatoms. The molecule has 0 aliphatic heterocycles. The summed E-state index contributed by atoms with van der Waals surface area (Å²) >= 11 is 2.07. The topological polar surface area (TPSA) is 96.3 Å². The Morgan fingerprint density at radius 1 is 1.07 bits per heavy atom. The van der Waals surface area contributed by atoms with Crippen LogP contribution in [0.2, 0.25) is 0 Å². The van der Waals surface area contributed by atoms with E-state index in [1.165, 1.54) is 24.4 Å². The molecule has 3 rings (SSSR count). The van der Waals surface area contributed by atoms with E-state index < -0.39 is 11.6 Å². The van der Waals surface area contributed by atoms with Gasteiger partial charge in [0.2, 0.25) is 5.95 Å². The van der Waals surface area contributed by atoms with Gasteiger partial charge in [0.25, 0.3) is 0 Å². The molecule has 0 atom stereocenters. The molecule has 0 amide bonds. The van der Waals surface area contributed by atoms with Gasteiger partial charge < -0.3 is 20.9 Å². The largest absolute Gasteiger partial charge is 0.488 e. The molecule has 1 heterocycles. The van der Waals surface area contributed by atoms with Crippen LogP contribution < -0.4 is 20.9 Å². The standard InChI is InChI=1S/C20H19F2IN4O2/c1-10(2)11-6-17(28-9-12-13(21)4-3-5-14(12)22)15(23)7-16(11)29-18-8-26-20(25)27-19(18)24/h3-8,10H,9H2,1-2H3,(H4,24,25,26,27). The third-order valence-electron chi connectivity index (χ3n) is 4.14. The van der Waals surface area contributed by atoms with Gasteiger partial charge in [0, 0.05) is 5.56 Å². The summed E-state index contributed by atoms with van der Waals surface area (Å²) in [5, 5.41) is 0. The fourth-order valence-corrected chi connectivity index (χ4v) is 3.21. The van der Waals surface area contributed by atoms with Crippen LogP contribution in [0.25, 0.3) is 0 Å². The van der Waals surface area contributed by atoms with Crippen molar-refractivity contribution in [1.29, 1.82) is 0 Å². The second-order valence-corrected chi connectivity index (χ2v) is 7.71. The average Bonchev–Trinajstić information content (AvgIpc) is 2.64. The third kappa shape index (κ3) is 4.84. The lowest BCUT2D eigenvalue weighted by Gasteiger charge is -2.18. The number of benzene rings is 2. The normalized spacial score (nSPS) is 11.0. The summed E-state index contributed by atoms with van der Waals surface area (Å²) in [7, 11) is 0. The van der Waals surface area contributed by atoms with Crippen molar-refractivity contribution in [2.75, 3.05) is 11.5 Å². The van der Waals surface area contributed by atoms with Crippen molar-refractivity contribution in [3.63, 3.8) is 0 Å². The molecule has 6 nitrogen and oxygen atoms in total. The molecule has 0 saturated carbocycles. The molecule has 0 spiro atoms. The summed E-state index contributed by atoms with van der Waals surface area (Å²) in [6.07, 6.45) is 1.40. The minimum Gasteiger partial charge on any atom is -0.488 e. The highest BCUT2D eigenvalue weighted by Gasteiger charge is 2.17. The first-order chi connectivity index (χ1) is 13.8. The highest BCUT2D eigenvalue weighted by atomic mass is 127. The molecule has 0 unspecified atom stereocenters. The van der Waals surface area contributed by atoms with Gasteiger partial charge in [-0.15, -0.1) is 0 Å². The maximum atomic E-state index is 13.9. The number of nitrogen functional groups attached to an aromatic ring is 2. The first-order valence-electron chi connectivity index (χ1n) is 8.71. The van der Waals surface area contributed by atoms with Crippen LogP contribution in [0.3, 0.4) is 0 Å². The predicted octanol–water partition coefficient (Wildman–Crippen LogP) is 5.02. The van der Waals surface area contributed by atoms with Gasteiger partial charge in [-0.05, 0) is 52.8 Å². The number of halogens is 3. The van der Waals surface area contributed by atoms with Crippen LogP contribution in [0, 0.1) is 15.2 Å². The molecule has 152 valence electrons. The average molecular weight is 512 g/mol. The van der Waals surface area contributed by atoms with E-state index in [1.807, 2.05) is 13.8 Å². The van der Waals surface area contributed by atoms with Gasteiger partial charge in [0.15, 0.2) is 11.6 Å². The minimum atomic E-state index is -0.650. The van der Waals surface area contributed by atoms with Crippen LogP contribution in [-0.4, -0.2) is 9.97 Å². The van der Waals surface area contributed by atoms with E-state index in [4.69, 9.17) is 20.9 Å². The van der Waals surface area contributed by atoms with Crippen LogP contribution in [0.15, 0.2) is 36.5 Å². The Morgan fingerprint density at radius 3 is 2.38 bits per heavy atom. The van der Waals surface area contributed by atoms with E-state index in [2.05, 4.69) is 32.6 Å². The van der Waals surface area contributed by atoms with Crippen molar-refractivity contribution >= 4 is 34.4 Å². The van der Waals surface area contributed by atoms with E-state index >= 15 is 0 Å². The summed E-state index contributed by atoms with van der Waals surface area (Å²) in [6.45, 7) is 3.74. The van der Waals surface area contributed by atoms with Gasteiger partial charge in [0.1, 0.15) is 29.7 Å². The minimum absolute atomic E-state index is 0.0534. The van der Waals surface area contributed by atoms with Gasteiger partial charge in [-0.25, -0.2) is 13.8 Å². The molecule has 0 fully saturated rings. The molecule has 3 aromatic rings. The summed E-state index contributed by atoms with van der Waals surface area (Å²) in [4.78, 5) is 7.78. The SMILES string of the molecule is CC(C)c1cc(OCc2c(F)cccc2F)c(I)cc1Oc1cnc(N)nc1N. The Labute approximate surface area is 180 Å². The van der Waals surface area contributed by atoms with Crippen LogP contribution in [-0.2, 0) is 6.61 Å². The van der Waals surface area contributed by atoms with Crippen molar-refractivity contribution in [1.82, 2.24) is 9.97 Å². The van der Waals surface area contributed by atoms with Crippen molar-refractivity contribution in [3.05, 3.63) is 62.9 Å². The van der Waals surface area contributed by atoms with Gasteiger partial charge in [-0.1, -0.05) is 19.9 Å². The number of nitrogens with zero attached hydrogens (tertiary/aromatic N) is 2. The van der Waals surface area contributed by atoms with Crippen LogP contribution in [0.1, 0.15) is 30.9 Å². The number of nitrogens with two attached hydrogens (primary N) is 2. The molecule has 2 aromatic carbocycles. The van der Waals surface area contributed by atoms with E-state index in [-0.39, 0.29) is 35.6 Å². The maximum Gasteiger partial charge on any atom is 0.222 e. The van der Waals surface area contributed by atoms with E-state index in [0.717, 1.165) is 5.56 Å². The molecular formula is C20H19F2IN4O2. The predicted molar refractivity (Wildman–Crippen MR) is 115 cm³/mol. The van der Waals surface area contributed by atoms with Crippen LogP contribution in [0.5, 0.6) is 17.2 Å². The molecule has 0 aliphatic carbocycles. The Morgan fingerprint density at radius 2 is 1.76 bits per heavy atom. The number of rotatable bonds is 6. The highest BCUT2D eigenvalue weighted by Crippen LogP contribution is 2.38. The quantitative estimate of drug-likeness (QED) is 0.451. The van der Waals surface area contributed by atoms with Gasteiger partial charge in [-0.2, -0.15) is 4.98 Å². The fraction of sp³-hybridized carbons (Fsp3) is 0.200. The Bertz CT molecular complexity index is 1030. The summed E-state index contributed by atoms with van der Waals surface area (Å²) < 4.78 is 40.0. The Hall–Kier alpha value is -2.69. The fourth-order valence-electron chi connectivity index (χ4n) is 2.62. The van der Waals surface area contributed by atoms with Crippen molar-refractivity contribution in [2.45, 2.75) is 26.4 Å². The van der Waals surface area contributed by atoms with Crippen molar-refractivity contribution in [3.8, 4) is 17.2 Å². The van der Waals surface area contributed by atoms with Crippen LogP contribution >= 0.6 is 22.6 Å². The molecule has 1 aromatic heterocycles. The second-order valence-electron chi connectivity index (χ2n) is 6.54. The zero-order valence-electron chi connectivity index (χ0n) is 15.7. The zero-order valence-corrected chi connectivity index (χ0v) is 17.9. The lowest BCUT2D eigenvalue weighted by atomic mass is 10.0. The van der Waals surface area contributed by atoms with Crippen molar-refractivity contribution < 1.29 is 18.3 Å². The number of hydrogen-bond acceptors (Lipinski definition) is 6. The van der Waals surface area contributed by atoms with Gasteiger partial charge in [0.05, 0.1) is 15.3 Å². The second kappa shape index (κ2) is 8.76. The van der Waals surface area contributed by atoms with Gasteiger partial charge in [-0.3, -0.25) is 0 Å². The van der Waals surface area contributed by atoms with E-state index in [1.54, 1.807) is 12.1 Å². The van der Waals surface area contributed by atoms with Crippen LogP contribution in [0.4, 0.5) is 20.5 Å². The first-order valence-corrected chi connectivity index (χ1v) is 9.79. The molecule has 0 saturated heterocycles. The lowest BCUT2D eigenvalue weighted by molar-refractivity contribution is 0.289. The monoisotopic (exact) mass is 512 g/mol. The summed E-state index contributed by atoms with van der Waals surface area (Å²) in [5.74, 6) is 0.269. The lowest BCUT2D eigenvalue weighted by Crippen LogP contribution is -2.05. The highest BCUT2D eigenvalue weighted by molar-refractivity contribution is 14.1. The zero-order chi connectivity index (χ0) is 21.1. The number of hydrogen-bond donors (Lipinski definition) is 2. The Balaban J connectivity index is 1.90. The van der Waals surface area contributed by atoms with E-state index in [0.29, 0.717) is 15.1 Å². The molecular weight excluding hydrogens is 493 g/mol. The van der Waals surface area contributed by atoms with Gasteiger partial charge >= 0.3 is 0 Å². The number of anilines is 2. The van der Waals surface area contributed by atoms with Crippen molar-refractivity contribution in [2.24, 2.45) is 0 Å².